The number of carboxylic acid groups (broad SMARTS) is 1. The first-order valence-electron chi connectivity index (χ1n) is 6.53. The lowest BCUT2D eigenvalue weighted by atomic mass is 10.1. The zero-order valence-electron chi connectivity index (χ0n) is 11.0. The molecule has 0 aromatic heterocycles. The Morgan fingerprint density at radius 2 is 2.15 bits per heavy atom. The molecule has 4 nitrogen and oxygen atoms in total. The molecule has 1 saturated heterocycles. The van der Waals surface area contributed by atoms with E-state index in [1.54, 1.807) is 17.0 Å². The zero-order valence-corrected chi connectivity index (χ0v) is 11.7. The SMILES string of the molecule is O=C(O)CC1CCCN1C(=O)/C=C/c1ccccc1Cl. The number of likely N-dealkylation sites (tertiary alicyclic amines) is 1. The highest BCUT2D eigenvalue weighted by Gasteiger charge is 2.28. The largest absolute Gasteiger partial charge is 0.481 e. The van der Waals surface area contributed by atoms with Gasteiger partial charge in [-0.05, 0) is 30.5 Å². The first-order valence-corrected chi connectivity index (χ1v) is 6.90. The summed E-state index contributed by atoms with van der Waals surface area (Å²) < 4.78 is 0. The second-order valence-corrected chi connectivity index (χ2v) is 5.19. The molecular weight excluding hydrogens is 278 g/mol. The number of benzene rings is 1. The second-order valence-electron chi connectivity index (χ2n) is 4.78. The van der Waals surface area contributed by atoms with Gasteiger partial charge >= 0.3 is 5.97 Å². The lowest BCUT2D eigenvalue weighted by Gasteiger charge is -2.21. The molecule has 0 saturated carbocycles. The van der Waals surface area contributed by atoms with Crippen LogP contribution in [-0.2, 0) is 9.59 Å². The van der Waals surface area contributed by atoms with Gasteiger partial charge in [-0.3, -0.25) is 9.59 Å². The molecule has 5 heteroatoms. The molecule has 1 unspecified atom stereocenters. The molecule has 1 atom stereocenters. The van der Waals surface area contributed by atoms with E-state index in [2.05, 4.69) is 0 Å². The first kappa shape index (κ1) is 14.6. The number of carbonyl (C=O) groups is 2. The van der Waals surface area contributed by atoms with Crippen LogP contribution < -0.4 is 0 Å². The summed E-state index contributed by atoms with van der Waals surface area (Å²) in [5.41, 5.74) is 0.775. The molecule has 2 rings (SSSR count). The third-order valence-electron chi connectivity index (χ3n) is 3.38. The van der Waals surface area contributed by atoms with Crippen molar-refractivity contribution in [3.8, 4) is 0 Å². The average Bonchev–Trinajstić information content (AvgIpc) is 2.85. The van der Waals surface area contributed by atoms with Crippen molar-refractivity contribution in [1.29, 1.82) is 0 Å². The maximum absolute atomic E-state index is 12.1. The minimum Gasteiger partial charge on any atom is -0.481 e. The lowest BCUT2D eigenvalue weighted by molar-refractivity contribution is -0.139. The van der Waals surface area contributed by atoms with Gasteiger partial charge < -0.3 is 10.0 Å². The number of rotatable bonds is 4. The zero-order chi connectivity index (χ0) is 14.5. The van der Waals surface area contributed by atoms with Gasteiger partial charge in [0.15, 0.2) is 0 Å². The minimum atomic E-state index is -0.871. The van der Waals surface area contributed by atoms with Crippen LogP contribution >= 0.6 is 11.6 Å². The van der Waals surface area contributed by atoms with E-state index in [9.17, 15) is 9.59 Å². The molecule has 0 bridgehead atoms. The third kappa shape index (κ3) is 3.61. The Morgan fingerprint density at radius 1 is 1.40 bits per heavy atom. The Kier molecular flexibility index (Phi) is 4.79. The van der Waals surface area contributed by atoms with Gasteiger partial charge in [0.05, 0.1) is 6.42 Å². The maximum Gasteiger partial charge on any atom is 0.305 e. The molecule has 1 heterocycles. The quantitative estimate of drug-likeness (QED) is 0.869. The number of amides is 1. The van der Waals surface area contributed by atoms with Gasteiger partial charge in [0.1, 0.15) is 0 Å². The highest BCUT2D eigenvalue weighted by molar-refractivity contribution is 6.32. The second kappa shape index (κ2) is 6.57. The van der Waals surface area contributed by atoms with Crippen molar-refractivity contribution in [1.82, 2.24) is 4.90 Å². The Labute approximate surface area is 122 Å². The van der Waals surface area contributed by atoms with Crippen molar-refractivity contribution in [3.63, 3.8) is 0 Å². The molecule has 20 heavy (non-hydrogen) atoms. The van der Waals surface area contributed by atoms with E-state index < -0.39 is 5.97 Å². The topological polar surface area (TPSA) is 57.6 Å². The van der Waals surface area contributed by atoms with Crippen molar-refractivity contribution < 1.29 is 14.7 Å². The number of halogens is 1. The highest BCUT2D eigenvalue weighted by Crippen LogP contribution is 2.21. The van der Waals surface area contributed by atoms with Gasteiger partial charge in [-0.1, -0.05) is 29.8 Å². The predicted molar refractivity (Wildman–Crippen MR) is 77.5 cm³/mol. The maximum atomic E-state index is 12.1. The Bertz CT molecular complexity index is 542. The van der Waals surface area contributed by atoms with Crippen LogP contribution in [0.4, 0.5) is 0 Å². The van der Waals surface area contributed by atoms with Crippen molar-refractivity contribution in [2.24, 2.45) is 0 Å². The van der Waals surface area contributed by atoms with Gasteiger partial charge in [-0.2, -0.15) is 0 Å². The third-order valence-corrected chi connectivity index (χ3v) is 3.73. The molecule has 1 aliphatic rings. The number of hydrogen-bond acceptors (Lipinski definition) is 2. The summed E-state index contributed by atoms with van der Waals surface area (Å²) in [6.07, 6.45) is 4.73. The van der Waals surface area contributed by atoms with E-state index in [1.807, 2.05) is 18.2 Å². The molecule has 0 spiro atoms. The lowest BCUT2D eigenvalue weighted by Crippen LogP contribution is -2.35. The smallest absolute Gasteiger partial charge is 0.305 e. The molecule has 1 aliphatic heterocycles. The van der Waals surface area contributed by atoms with E-state index in [-0.39, 0.29) is 18.4 Å². The van der Waals surface area contributed by atoms with Crippen LogP contribution in [0, 0.1) is 0 Å². The van der Waals surface area contributed by atoms with E-state index >= 15 is 0 Å². The van der Waals surface area contributed by atoms with E-state index in [1.165, 1.54) is 6.08 Å². The van der Waals surface area contributed by atoms with E-state index in [0.717, 1.165) is 18.4 Å². The molecule has 0 aliphatic carbocycles. The van der Waals surface area contributed by atoms with Crippen molar-refractivity contribution in [2.45, 2.75) is 25.3 Å². The van der Waals surface area contributed by atoms with Gasteiger partial charge in [-0.25, -0.2) is 0 Å². The monoisotopic (exact) mass is 293 g/mol. The van der Waals surface area contributed by atoms with Crippen LogP contribution in [0.15, 0.2) is 30.3 Å². The number of aliphatic carboxylic acids is 1. The van der Waals surface area contributed by atoms with Gasteiger partial charge in [-0.15, -0.1) is 0 Å². The number of hydrogen-bond donors (Lipinski definition) is 1. The number of carbonyl (C=O) groups excluding carboxylic acids is 1. The van der Waals surface area contributed by atoms with Gasteiger partial charge in [0, 0.05) is 23.7 Å². The summed E-state index contributed by atoms with van der Waals surface area (Å²) in [6, 6.07) is 7.06. The molecule has 1 aromatic rings. The molecule has 1 aromatic carbocycles. The van der Waals surface area contributed by atoms with Crippen molar-refractivity contribution in [3.05, 3.63) is 40.9 Å². The fourth-order valence-electron chi connectivity index (χ4n) is 2.41. The predicted octanol–water partition coefficient (Wildman–Crippen LogP) is 2.82. The summed E-state index contributed by atoms with van der Waals surface area (Å²) in [5, 5.41) is 9.43. The van der Waals surface area contributed by atoms with Crippen LogP contribution in [0.5, 0.6) is 0 Å². The highest BCUT2D eigenvalue weighted by atomic mass is 35.5. The normalized spacial score (nSPS) is 18.6. The van der Waals surface area contributed by atoms with Crippen LogP contribution in [0.3, 0.4) is 0 Å². The summed E-state index contributed by atoms with van der Waals surface area (Å²) in [7, 11) is 0. The molecule has 1 fully saturated rings. The fraction of sp³-hybridized carbons (Fsp3) is 0.333. The Hall–Kier alpha value is -1.81. The van der Waals surface area contributed by atoms with Gasteiger partial charge in [0.25, 0.3) is 0 Å². The fourth-order valence-corrected chi connectivity index (χ4v) is 2.61. The van der Waals surface area contributed by atoms with E-state index in [0.29, 0.717) is 11.6 Å². The molecule has 0 radical (unpaired) electrons. The summed E-state index contributed by atoms with van der Waals surface area (Å²) in [6.45, 7) is 0.615. The van der Waals surface area contributed by atoms with E-state index in [4.69, 9.17) is 16.7 Å². The summed E-state index contributed by atoms with van der Waals surface area (Å²) >= 11 is 6.01. The van der Waals surface area contributed by atoms with Crippen LogP contribution in [-0.4, -0.2) is 34.5 Å². The van der Waals surface area contributed by atoms with Crippen molar-refractivity contribution >= 4 is 29.6 Å². The summed E-state index contributed by atoms with van der Waals surface area (Å²) in [4.78, 5) is 24.5. The van der Waals surface area contributed by atoms with Crippen LogP contribution in [0.1, 0.15) is 24.8 Å². The molecular formula is C15H16ClNO3. The summed E-state index contributed by atoms with van der Waals surface area (Å²) in [5.74, 6) is -1.03. The standard InChI is InChI=1S/C15H16ClNO3/c16-13-6-2-1-4-11(13)7-8-14(18)17-9-3-5-12(17)10-15(19)20/h1-2,4,6-8,12H,3,5,9-10H2,(H,19,20)/b8-7+. The van der Waals surface area contributed by atoms with Gasteiger partial charge in [0.2, 0.25) is 5.91 Å². The van der Waals surface area contributed by atoms with Crippen LogP contribution in [0.25, 0.3) is 6.08 Å². The Morgan fingerprint density at radius 3 is 2.85 bits per heavy atom. The first-order chi connectivity index (χ1) is 9.58. The minimum absolute atomic E-state index is 0.00563. The molecule has 1 N–H and O–H groups in total. The average molecular weight is 294 g/mol. The molecule has 106 valence electrons. The van der Waals surface area contributed by atoms with Crippen LogP contribution in [0.2, 0.25) is 5.02 Å². The number of carboxylic acids is 1. The van der Waals surface area contributed by atoms with Crippen molar-refractivity contribution in [2.75, 3.05) is 6.54 Å². The molecule has 1 amide bonds. The number of nitrogens with zero attached hydrogens (tertiary/aromatic N) is 1. The Balaban J connectivity index is 2.04.